The number of H-pyrrole nitrogens is 1. The number of carboxylic acid groups (broad SMARTS) is 1. The molecule has 0 saturated heterocycles. The van der Waals surface area contributed by atoms with Crippen LogP contribution in [0.5, 0.6) is 0 Å². The fraction of sp³-hybridized carbons (Fsp3) is 0.105. The number of aryl methyl sites for hydroxylation is 1. The van der Waals surface area contributed by atoms with Crippen molar-refractivity contribution in [1.82, 2.24) is 15.1 Å². The Morgan fingerprint density at radius 2 is 2.12 bits per heavy atom. The number of pyridine rings is 1. The SMILES string of the molecule is Cc1cc(C(=O)O)c(-c2c[nH]c3cccnc23)c(-c2cnoc2)c1C. The van der Waals surface area contributed by atoms with Gasteiger partial charge < -0.3 is 14.6 Å². The van der Waals surface area contributed by atoms with E-state index < -0.39 is 5.97 Å². The predicted molar refractivity (Wildman–Crippen MR) is 93.5 cm³/mol. The van der Waals surface area contributed by atoms with E-state index in [0.29, 0.717) is 5.56 Å². The minimum atomic E-state index is -0.985. The van der Waals surface area contributed by atoms with Crippen LogP contribution in [0.2, 0.25) is 0 Å². The third kappa shape index (κ3) is 2.30. The summed E-state index contributed by atoms with van der Waals surface area (Å²) >= 11 is 0. The molecule has 0 amide bonds. The first kappa shape index (κ1) is 15.1. The molecule has 0 bridgehead atoms. The van der Waals surface area contributed by atoms with Gasteiger partial charge in [-0.1, -0.05) is 5.16 Å². The highest BCUT2D eigenvalue weighted by molar-refractivity contribution is 6.07. The lowest BCUT2D eigenvalue weighted by Crippen LogP contribution is -2.04. The molecule has 6 heteroatoms. The number of aromatic nitrogens is 3. The van der Waals surface area contributed by atoms with Crippen molar-refractivity contribution in [3.8, 4) is 22.3 Å². The van der Waals surface area contributed by atoms with Crippen molar-refractivity contribution >= 4 is 17.0 Å². The van der Waals surface area contributed by atoms with E-state index in [-0.39, 0.29) is 5.56 Å². The van der Waals surface area contributed by atoms with Crippen LogP contribution in [0.25, 0.3) is 33.3 Å². The minimum absolute atomic E-state index is 0.228. The molecule has 1 aromatic carbocycles. The summed E-state index contributed by atoms with van der Waals surface area (Å²) in [6.45, 7) is 3.87. The van der Waals surface area contributed by atoms with Gasteiger partial charge in [0.15, 0.2) is 0 Å². The molecular formula is C19H15N3O3. The fourth-order valence-electron chi connectivity index (χ4n) is 3.20. The second kappa shape index (κ2) is 5.59. The van der Waals surface area contributed by atoms with Crippen LogP contribution in [0.1, 0.15) is 21.5 Å². The molecule has 0 aliphatic heterocycles. The first-order chi connectivity index (χ1) is 12.1. The van der Waals surface area contributed by atoms with Crippen LogP contribution >= 0.6 is 0 Å². The second-order valence-corrected chi connectivity index (χ2v) is 5.94. The lowest BCUT2D eigenvalue weighted by Gasteiger charge is -2.16. The predicted octanol–water partition coefficient (Wildman–Crippen LogP) is 4.20. The average Bonchev–Trinajstić information content (AvgIpc) is 3.26. The van der Waals surface area contributed by atoms with Crippen LogP contribution in [0.4, 0.5) is 0 Å². The fourth-order valence-corrected chi connectivity index (χ4v) is 3.20. The Hall–Kier alpha value is -3.41. The molecule has 6 nitrogen and oxygen atoms in total. The smallest absolute Gasteiger partial charge is 0.336 e. The quantitative estimate of drug-likeness (QED) is 0.586. The molecule has 2 N–H and O–H groups in total. The number of nitrogens with zero attached hydrogens (tertiary/aromatic N) is 2. The van der Waals surface area contributed by atoms with Crippen LogP contribution in [-0.2, 0) is 0 Å². The Morgan fingerprint density at radius 1 is 1.28 bits per heavy atom. The summed E-state index contributed by atoms with van der Waals surface area (Å²) in [5.41, 5.74) is 6.57. The summed E-state index contributed by atoms with van der Waals surface area (Å²) in [5.74, 6) is -0.985. The Morgan fingerprint density at radius 3 is 2.84 bits per heavy atom. The molecule has 25 heavy (non-hydrogen) atoms. The van der Waals surface area contributed by atoms with Crippen LogP contribution < -0.4 is 0 Å². The third-order valence-corrected chi connectivity index (χ3v) is 4.50. The molecule has 0 aliphatic carbocycles. The van der Waals surface area contributed by atoms with E-state index in [1.807, 2.05) is 26.0 Å². The zero-order chi connectivity index (χ0) is 17.6. The Kier molecular flexibility index (Phi) is 3.39. The van der Waals surface area contributed by atoms with Crippen LogP contribution in [0.15, 0.2) is 47.6 Å². The van der Waals surface area contributed by atoms with E-state index in [1.54, 1.807) is 24.7 Å². The number of aromatic amines is 1. The molecule has 4 aromatic rings. The standard InChI is InChI=1S/C19H15N3O3/c1-10-6-13(19(23)24)17(16(11(10)2)12-7-22-25-9-12)14-8-21-15-4-3-5-20-18(14)15/h3-9,21H,1-2H3,(H,23,24). The van der Waals surface area contributed by atoms with E-state index in [9.17, 15) is 9.90 Å². The largest absolute Gasteiger partial charge is 0.478 e. The highest BCUT2D eigenvalue weighted by Crippen LogP contribution is 2.41. The van der Waals surface area contributed by atoms with E-state index in [2.05, 4.69) is 15.1 Å². The first-order valence-electron chi connectivity index (χ1n) is 7.77. The van der Waals surface area contributed by atoms with Gasteiger partial charge in [-0.3, -0.25) is 4.98 Å². The molecule has 0 radical (unpaired) electrons. The molecule has 0 fully saturated rings. The van der Waals surface area contributed by atoms with Crippen molar-refractivity contribution in [2.45, 2.75) is 13.8 Å². The molecule has 3 heterocycles. The van der Waals surface area contributed by atoms with Gasteiger partial charge in [-0.25, -0.2) is 4.79 Å². The van der Waals surface area contributed by atoms with Crippen molar-refractivity contribution in [2.75, 3.05) is 0 Å². The van der Waals surface area contributed by atoms with E-state index in [4.69, 9.17) is 4.52 Å². The highest BCUT2D eigenvalue weighted by Gasteiger charge is 2.24. The highest BCUT2D eigenvalue weighted by atomic mass is 16.5. The van der Waals surface area contributed by atoms with E-state index in [0.717, 1.165) is 38.9 Å². The normalized spacial score (nSPS) is 11.1. The van der Waals surface area contributed by atoms with Gasteiger partial charge in [0.2, 0.25) is 0 Å². The van der Waals surface area contributed by atoms with Crippen LogP contribution in [0, 0.1) is 13.8 Å². The van der Waals surface area contributed by atoms with E-state index in [1.165, 1.54) is 6.26 Å². The number of carbonyl (C=O) groups is 1. The molecule has 0 unspecified atom stereocenters. The Bertz CT molecular complexity index is 1090. The van der Waals surface area contributed by atoms with Gasteiger partial charge >= 0.3 is 5.97 Å². The maximum absolute atomic E-state index is 12.0. The van der Waals surface area contributed by atoms with Crippen molar-refractivity contribution in [2.24, 2.45) is 0 Å². The molecule has 4 rings (SSSR count). The Labute approximate surface area is 143 Å². The average molecular weight is 333 g/mol. The number of nitrogens with one attached hydrogen (secondary N) is 1. The molecule has 0 aliphatic rings. The number of hydrogen-bond donors (Lipinski definition) is 2. The van der Waals surface area contributed by atoms with E-state index >= 15 is 0 Å². The van der Waals surface area contributed by atoms with Gasteiger partial charge in [0.05, 0.1) is 22.8 Å². The number of carboxylic acids is 1. The van der Waals surface area contributed by atoms with Gasteiger partial charge in [0, 0.05) is 29.1 Å². The van der Waals surface area contributed by atoms with Gasteiger partial charge in [-0.05, 0) is 48.7 Å². The van der Waals surface area contributed by atoms with Crippen LogP contribution in [-0.4, -0.2) is 26.2 Å². The zero-order valence-corrected chi connectivity index (χ0v) is 13.7. The summed E-state index contributed by atoms with van der Waals surface area (Å²) in [4.78, 5) is 19.6. The van der Waals surface area contributed by atoms with Gasteiger partial charge in [0.25, 0.3) is 0 Å². The molecule has 0 saturated carbocycles. The Balaban J connectivity index is 2.17. The van der Waals surface area contributed by atoms with Gasteiger partial charge in [-0.2, -0.15) is 0 Å². The van der Waals surface area contributed by atoms with Gasteiger partial charge in [0.1, 0.15) is 6.26 Å². The monoisotopic (exact) mass is 333 g/mol. The zero-order valence-electron chi connectivity index (χ0n) is 13.7. The maximum atomic E-state index is 12.0. The minimum Gasteiger partial charge on any atom is -0.478 e. The third-order valence-electron chi connectivity index (χ3n) is 4.50. The number of rotatable bonds is 3. The van der Waals surface area contributed by atoms with Crippen molar-refractivity contribution in [3.05, 3.63) is 59.7 Å². The number of aromatic carboxylic acids is 1. The number of hydrogen-bond acceptors (Lipinski definition) is 4. The lowest BCUT2D eigenvalue weighted by atomic mass is 9.86. The first-order valence-corrected chi connectivity index (χ1v) is 7.77. The lowest BCUT2D eigenvalue weighted by molar-refractivity contribution is 0.0697. The van der Waals surface area contributed by atoms with Crippen LogP contribution in [0.3, 0.4) is 0 Å². The molecule has 124 valence electrons. The summed E-state index contributed by atoms with van der Waals surface area (Å²) < 4.78 is 5.00. The van der Waals surface area contributed by atoms with Gasteiger partial charge in [-0.15, -0.1) is 0 Å². The summed E-state index contributed by atoms with van der Waals surface area (Å²) in [6, 6.07) is 5.44. The topological polar surface area (TPSA) is 92.0 Å². The molecular weight excluding hydrogens is 318 g/mol. The molecule has 0 atom stereocenters. The van der Waals surface area contributed by atoms with Crippen molar-refractivity contribution < 1.29 is 14.4 Å². The summed E-state index contributed by atoms with van der Waals surface area (Å²) in [5, 5.41) is 13.6. The van der Waals surface area contributed by atoms with Crippen molar-refractivity contribution in [3.63, 3.8) is 0 Å². The molecule has 3 aromatic heterocycles. The molecule has 0 spiro atoms. The second-order valence-electron chi connectivity index (χ2n) is 5.94. The number of fused-ring (bicyclic) bond motifs is 1. The summed E-state index contributed by atoms with van der Waals surface area (Å²) in [7, 11) is 0. The summed E-state index contributed by atoms with van der Waals surface area (Å²) in [6.07, 6.45) is 6.61. The van der Waals surface area contributed by atoms with Crippen molar-refractivity contribution in [1.29, 1.82) is 0 Å². The maximum Gasteiger partial charge on any atom is 0.336 e. The number of benzene rings is 1.